The van der Waals surface area contributed by atoms with Gasteiger partial charge in [0.05, 0.1) is 19.2 Å². The number of ether oxygens (including phenoxy) is 1. The number of amides is 4. The van der Waals surface area contributed by atoms with Gasteiger partial charge < -0.3 is 15.0 Å². The number of carbonyl (C=O) groups excluding carboxylic acids is 4. The lowest BCUT2D eigenvalue weighted by Crippen LogP contribution is -2.52. The molecule has 3 aliphatic rings. The molecule has 3 heterocycles. The number of hydrogen-bond acceptors (Lipinski definition) is 6. The number of hydrogen-bond donors (Lipinski definition) is 2. The highest BCUT2D eigenvalue weighted by Gasteiger charge is 2.40. The predicted octanol–water partition coefficient (Wildman–Crippen LogP) is 2.28. The Bertz CT molecular complexity index is 1280. The quantitative estimate of drug-likeness (QED) is 0.373. The average Bonchev–Trinajstić information content (AvgIpc) is 3.50. The second-order valence-electron chi connectivity index (χ2n) is 10.1. The van der Waals surface area contributed by atoms with Crippen LogP contribution in [0.5, 0.6) is 5.75 Å². The summed E-state index contributed by atoms with van der Waals surface area (Å²) in [5, 5.41) is 5.08. The first-order valence-electron chi connectivity index (χ1n) is 13.2. The third kappa shape index (κ3) is 5.93. The van der Waals surface area contributed by atoms with E-state index in [9.17, 15) is 28.0 Å². The van der Waals surface area contributed by atoms with Gasteiger partial charge in [0.15, 0.2) is 0 Å². The summed E-state index contributed by atoms with van der Waals surface area (Å²) in [6.07, 6.45) is 2.71. The van der Waals surface area contributed by atoms with Crippen molar-refractivity contribution in [1.82, 2.24) is 20.4 Å². The number of nitrogens with one attached hydrogen (secondary N) is 2. The molecule has 9 nitrogen and oxygen atoms in total. The van der Waals surface area contributed by atoms with Crippen molar-refractivity contribution in [3.8, 4) is 5.75 Å². The van der Waals surface area contributed by atoms with Crippen LogP contribution in [0.3, 0.4) is 0 Å². The van der Waals surface area contributed by atoms with Gasteiger partial charge in [0.25, 0.3) is 5.91 Å². The van der Waals surface area contributed by atoms with Crippen LogP contribution in [0.4, 0.5) is 8.78 Å². The van der Waals surface area contributed by atoms with Crippen LogP contribution in [0.25, 0.3) is 0 Å². The Balaban J connectivity index is 1.12. The van der Waals surface area contributed by atoms with E-state index in [1.807, 2.05) is 0 Å². The summed E-state index contributed by atoms with van der Waals surface area (Å²) < 4.78 is 32.9. The molecule has 5 rings (SSSR count). The van der Waals surface area contributed by atoms with E-state index in [1.165, 1.54) is 17.0 Å². The molecular formula is C28H30F2N4O5. The third-order valence-electron chi connectivity index (χ3n) is 7.44. The van der Waals surface area contributed by atoms with Crippen molar-refractivity contribution < 1.29 is 32.7 Å². The molecule has 4 amide bonds. The Morgan fingerprint density at radius 2 is 1.90 bits per heavy atom. The first kappa shape index (κ1) is 26.7. The number of likely N-dealkylation sites (tertiary alicyclic amines) is 1. The van der Waals surface area contributed by atoms with Crippen LogP contribution >= 0.6 is 0 Å². The maximum Gasteiger partial charge on any atom is 0.255 e. The molecule has 2 unspecified atom stereocenters. The number of nitrogens with zero attached hydrogens (tertiary/aromatic N) is 2. The van der Waals surface area contributed by atoms with Gasteiger partial charge in [-0.3, -0.25) is 29.4 Å². The standard InChI is InChI=1S/C28H30F2N4O5/c29-18-12-17(13-19(30)14-18)15-31-26(36)22-5-2-9-33(22)10-3-11-39-24-6-1-4-20-21(24)16-34(28(20)38)23-7-8-25(35)32-27(23)37/h1,4,6,12-14,22-23H,2-3,5,7-11,15-16H2,(H,31,36)(H,32,35,37). The minimum absolute atomic E-state index is 0.0502. The van der Waals surface area contributed by atoms with Crippen LogP contribution in [-0.4, -0.2) is 65.2 Å². The highest BCUT2D eigenvalue weighted by Crippen LogP contribution is 2.33. The van der Waals surface area contributed by atoms with Gasteiger partial charge in [-0.1, -0.05) is 6.07 Å². The number of piperidine rings is 1. The molecule has 2 N–H and O–H groups in total. The van der Waals surface area contributed by atoms with E-state index in [0.29, 0.717) is 49.3 Å². The van der Waals surface area contributed by atoms with Crippen LogP contribution in [0.15, 0.2) is 36.4 Å². The van der Waals surface area contributed by atoms with Gasteiger partial charge in [-0.15, -0.1) is 0 Å². The minimum atomic E-state index is -0.686. The highest BCUT2D eigenvalue weighted by atomic mass is 19.1. The second-order valence-corrected chi connectivity index (χ2v) is 10.1. The van der Waals surface area contributed by atoms with Crippen molar-refractivity contribution in [3.63, 3.8) is 0 Å². The summed E-state index contributed by atoms with van der Waals surface area (Å²) in [7, 11) is 0. The SMILES string of the molecule is O=C1CCC(N2Cc3c(OCCCN4CCCC4C(=O)NCc4cc(F)cc(F)c4)cccc3C2=O)C(=O)N1. The molecule has 2 aromatic carbocycles. The zero-order valence-corrected chi connectivity index (χ0v) is 21.4. The number of fused-ring (bicyclic) bond motifs is 1. The molecule has 206 valence electrons. The van der Waals surface area contributed by atoms with Crippen molar-refractivity contribution in [2.75, 3.05) is 19.7 Å². The van der Waals surface area contributed by atoms with E-state index in [-0.39, 0.29) is 43.3 Å². The number of imide groups is 1. The van der Waals surface area contributed by atoms with E-state index in [0.717, 1.165) is 24.6 Å². The van der Waals surface area contributed by atoms with Crippen LogP contribution in [0.1, 0.15) is 53.6 Å². The van der Waals surface area contributed by atoms with Gasteiger partial charge in [-0.25, -0.2) is 8.78 Å². The zero-order valence-electron chi connectivity index (χ0n) is 21.4. The van der Waals surface area contributed by atoms with Gasteiger partial charge in [-0.2, -0.15) is 0 Å². The Morgan fingerprint density at radius 3 is 2.67 bits per heavy atom. The lowest BCUT2D eigenvalue weighted by molar-refractivity contribution is -0.137. The maximum absolute atomic E-state index is 13.4. The highest BCUT2D eigenvalue weighted by molar-refractivity contribution is 6.05. The molecule has 2 atom stereocenters. The van der Waals surface area contributed by atoms with Crippen LogP contribution in [-0.2, 0) is 27.5 Å². The smallest absolute Gasteiger partial charge is 0.255 e. The summed E-state index contributed by atoms with van der Waals surface area (Å²) in [6, 6.07) is 7.44. The van der Waals surface area contributed by atoms with Crippen molar-refractivity contribution >= 4 is 23.6 Å². The lowest BCUT2D eigenvalue weighted by Gasteiger charge is -2.29. The van der Waals surface area contributed by atoms with E-state index in [4.69, 9.17) is 4.74 Å². The van der Waals surface area contributed by atoms with Crippen molar-refractivity contribution in [2.24, 2.45) is 0 Å². The molecule has 0 bridgehead atoms. The second kappa shape index (κ2) is 11.5. The summed E-state index contributed by atoms with van der Waals surface area (Å²) >= 11 is 0. The maximum atomic E-state index is 13.4. The van der Waals surface area contributed by atoms with E-state index < -0.39 is 23.6 Å². The first-order chi connectivity index (χ1) is 18.8. The van der Waals surface area contributed by atoms with E-state index in [1.54, 1.807) is 18.2 Å². The number of carbonyl (C=O) groups is 4. The molecule has 0 saturated carbocycles. The lowest BCUT2D eigenvalue weighted by atomic mass is 10.0. The number of halogens is 2. The Morgan fingerprint density at radius 1 is 1.10 bits per heavy atom. The summed E-state index contributed by atoms with van der Waals surface area (Å²) in [4.78, 5) is 53.1. The van der Waals surface area contributed by atoms with Crippen molar-refractivity contribution in [1.29, 1.82) is 0 Å². The topological polar surface area (TPSA) is 108 Å². The average molecular weight is 541 g/mol. The predicted molar refractivity (Wildman–Crippen MR) is 135 cm³/mol. The Kier molecular flexibility index (Phi) is 7.87. The third-order valence-corrected chi connectivity index (χ3v) is 7.44. The molecule has 2 saturated heterocycles. The number of benzene rings is 2. The monoisotopic (exact) mass is 540 g/mol. The fraction of sp³-hybridized carbons (Fsp3) is 0.429. The van der Waals surface area contributed by atoms with Gasteiger partial charge in [0.2, 0.25) is 17.7 Å². The number of rotatable bonds is 9. The normalized spacial score (nSPS) is 21.2. The van der Waals surface area contributed by atoms with Gasteiger partial charge >= 0.3 is 0 Å². The molecule has 39 heavy (non-hydrogen) atoms. The van der Waals surface area contributed by atoms with E-state index >= 15 is 0 Å². The summed E-state index contributed by atoms with van der Waals surface area (Å²) in [6.45, 7) is 2.05. The molecule has 11 heteroatoms. The Hall–Kier alpha value is -3.86. The molecule has 2 aromatic rings. The molecule has 0 aliphatic carbocycles. The molecule has 0 aromatic heterocycles. The van der Waals surface area contributed by atoms with Crippen molar-refractivity contribution in [3.05, 3.63) is 64.7 Å². The van der Waals surface area contributed by atoms with E-state index in [2.05, 4.69) is 15.5 Å². The fourth-order valence-corrected chi connectivity index (χ4v) is 5.55. The minimum Gasteiger partial charge on any atom is -0.493 e. The fourth-order valence-electron chi connectivity index (χ4n) is 5.55. The molecular weight excluding hydrogens is 510 g/mol. The Labute approximate surface area is 224 Å². The van der Waals surface area contributed by atoms with Gasteiger partial charge in [-0.05, 0) is 62.1 Å². The summed E-state index contributed by atoms with van der Waals surface area (Å²) in [5.74, 6) is -2.00. The molecule has 2 fully saturated rings. The van der Waals surface area contributed by atoms with Gasteiger partial charge in [0, 0.05) is 36.7 Å². The largest absolute Gasteiger partial charge is 0.493 e. The molecule has 0 radical (unpaired) electrons. The van der Waals surface area contributed by atoms with Gasteiger partial charge in [0.1, 0.15) is 23.4 Å². The van der Waals surface area contributed by atoms with Crippen LogP contribution < -0.4 is 15.4 Å². The zero-order chi connectivity index (χ0) is 27.5. The molecule has 0 spiro atoms. The van der Waals surface area contributed by atoms with Crippen molar-refractivity contribution in [2.45, 2.75) is 57.3 Å². The van der Waals surface area contributed by atoms with Crippen LogP contribution in [0.2, 0.25) is 0 Å². The molecule has 3 aliphatic heterocycles. The summed E-state index contributed by atoms with van der Waals surface area (Å²) in [5.41, 5.74) is 1.58. The first-order valence-corrected chi connectivity index (χ1v) is 13.2. The van der Waals surface area contributed by atoms with Crippen LogP contribution in [0, 0.1) is 11.6 Å².